The van der Waals surface area contributed by atoms with Crippen molar-refractivity contribution >= 4 is 5.91 Å². The predicted molar refractivity (Wildman–Crippen MR) is 85.9 cm³/mol. The number of carbonyl (C=O) groups excluding carboxylic acids is 1. The molecule has 0 saturated carbocycles. The van der Waals surface area contributed by atoms with Crippen molar-refractivity contribution in [1.82, 2.24) is 15.1 Å². The van der Waals surface area contributed by atoms with Crippen LogP contribution < -0.4 is 5.32 Å². The van der Waals surface area contributed by atoms with Crippen molar-refractivity contribution in [2.75, 3.05) is 45.9 Å². The Morgan fingerprint density at radius 1 is 1.32 bits per heavy atom. The van der Waals surface area contributed by atoms with Crippen LogP contribution in [0.5, 0.6) is 0 Å². The Kier molecular flexibility index (Phi) is 5.08. The number of ether oxygens (including phenoxy) is 1. The van der Waals surface area contributed by atoms with Gasteiger partial charge in [0.2, 0.25) is 0 Å². The van der Waals surface area contributed by atoms with Gasteiger partial charge in [0.1, 0.15) is 0 Å². The number of nitrogens with one attached hydrogen (secondary N) is 1. The molecule has 2 aliphatic rings. The van der Waals surface area contributed by atoms with Gasteiger partial charge in [0.25, 0.3) is 5.91 Å². The molecule has 0 aliphatic carbocycles. The minimum atomic E-state index is 0.151. The fourth-order valence-electron chi connectivity index (χ4n) is 3.13. The third-order valence-electron chi connectivity index (χ3n) is 4.45. The second-order valence-corrected chi connectivity index (χ2v) is 6.14. The maximum Gasteiger partial charge on any atom is 0.254 e. The van der Waals surface area contributed by atoms with Crippen molar-refractivity contribution in [3.63, 3.8) is 0 Å². The summed E-state index contributed by atoms with van der Waals surface area (Å²) in [5.74, 6) is 0.151. The number of piperazine rings is 1. The van der Waals surface area contributed by atoms with Gasteiger partial charge < -0.3 is 15.0 Å². The highest BCUT2D eigenvalue weighted by molar-refractivity contribution is 5.94. The fourth-order valence-corrected chi connectivity index (χ4v) is 3.13. The summed E-state index contributed by atoms with van der Waals surface area (Å²) in [6, 6.07) is 8.33. The molecule has 1 N–H and O–H groups in total. The molecular formula is C17H25N3O2. The van der Waals surface area contributed by atoms with Gasteiger partial charge in [0.15, 0.2) is 0 Å². The van der Waals surface area contributed by atoms with Crippen molar-refractivity contribution in [1.29, 1.82) is 0 Å². The summed E-state index contributed by atoms with van der Waals surface area (Å²) in [5, 5.41) is 3.32. The van der Waals surface area contributed by atoms with E-state index < -0.39 is 0 Å². The molecule has 22 heavy (non-hydrogen) atoms. The summed E-state index contributed by atoms with van der Waals surface area (Å²) < 4.78 is 5.38. The van der Waals surface area contributed by atoms with Gasteiger partial charge in [-0.15, -0.1) is 0 Å². The summed E-state index contributed by atoms with van der Waals surface area (Å²) in [7, 11) is 0. The summed E-state index contributed by atoms with van der Waals surface area (Å²) in [5.41, 5.74) is 2.01. The molecule has 0 radical (unpaired) electrons. The van der Waals surface area contributed by atoms with Crippen LogP contribution in [0.4, 0.5) is 0 Å². The van der Waals surface area contributed by atoms with Gasteiger partial charge >= 0.3 is 0 Å². The molecule has 1 aromatic rings. The van der Waals surface area contributed by atoms with E-state index in [9.17, 15) is 4.79 Å². The molecule has 0 aromatic heterocycles. The lowest BCUT2D eigenvalue weighted by Gasteiger charge is -2.34. The van der Waals surface area contributed by atoms with Crippen LogP contribution in [0.1, 0.15) is 22.8 Å². The highest BCUT2D eigenvalue weighted by atomic mass is 16.5. The van der Waals surface area contributed by atoms with Gasteiger partial charge in [-0.05, 0) is 24.6 Å². The Bertz CT molecular complexity index is 514. The van der Waals surface area contributed by atoms with E-state index in [0.717, 1.165) is 58.0 Å². The SMILES string of the molecule is C[C@@H]1CNCCN1C(=O)c1cccc(CN2CCOCC2)c1. The molecule has 1 amide bonds. The molecule has 2 saturated heterocycles. The molecule has 0 unspecified atom stereocenters. The molecule has 0 spiro atoms. The van der Waals surface area contributed by atoms with E-state index in [1.807, 2.05) is 23.1 Å². The first-order chi connectivity index (χ1) is 10.7. The number of amides is 1. The molecule has 1 atom stereocenters. The Balaban J connectivity index is 1.68. The predicted octanol–water partition coefficient (Wildman–Crippen LogP) is 0.953. The standard InChI is InChI=1S/C17H25N3O2/c1-14-12-18-5-6-20(14)17(21)16-4-2-3-15(11-16)13-19-7-9-22-10-8-19/h2-4,11,14,18H,5-10,12-13H2,1H3/t14-/m1/s1. The molecule has 5 heteroatoms. The summed E-state index contributed by atoms with van der Waals surface area (Å²) >= 11 is 0. The topological polar surface area (TPSA) is 44.8 Å². The number of morpholine rings is 1. The van der Waals surface area contributed by atoms with E-state index in [1.54, 1.807) is 0 Å². The molecule has 2 fully saturated rings. The summed E-state index contributed by atoms with van der Waals surface area (Å²) in [4.78, 5) is 17.1. The molecule has 2 aliphatic heterocycles. The van der Waals surface area contributed by atoms with Gasteiger partial charge in [-0.1, -0.05) is 12.1 Å². The molecule has 0 bridgehead atoms. The number of nitrogens with zero attached hydrogens (tertiary/aromatic N) is 2. The third-order valence-corrected chi connectivity index (χ3v) is 4.45. The number of hydrogen-bond donors (Lipinski definition) is 1. The molecule has 1 aromatic carbocycles. The Hall–Kier alpha value is -1.43. The zero-order chi connectivity index (χ0) is 15.4. The Morgan fingerprint density at radius 3 is 2.91 bits per heavy atom. The van der Waals surface area contributed by atoms with Crippen LogP contribution in [0.15, 0.2) is 24.3 Å². The van der Waals surface area contributed by atoms with Crippen LogP contribution in [0.3, 0.4) is 0 Å². The first-order valence-corrected chi connectivity index (χ1v) is 8.15. The van der Waals surface area contributed by atoms with Gasteiger partial charge in [0, 0.05) is 50.9 Å². The van der Waals surface area contributed by atoms with Crippen molar-refractivity contribution in [2.24, 2.45) is 0 Å². The quantitative estimate of drug-likeness (QED) is 0.903. The summed E-state index contributed by atoms with van der Waals surface area (Å²) in [6.45, 7) is 9.06. The van der Waals surface area contributed by atoms with E-state index in [0.29, 0.717) is 0 Å². The highest BCUT2D eigenvalue weighted by Gasteiger charge is 2.24. The van der Waals surface area contributed by atoms with Gasteiger partial charge in [-0.3, -0.25) is 9.69 Å². The average Bonchev–Trinajstić information content (AvgIpc) is 2.56. The van der Waals surface area contributed by atoms with Crippen LogP contribution in [0.25, 0.3) is 0 Å². The first kappa shape index (κ1) is 15.5. The fraction of sp³-hybridized carbons (Fsp3) is 0.588. The summed E-state index contributed by atoms with van der Waals surface area (Å²) in [6.07, 6.45) is 0. The van der Waals surface area contributed by atoms with Crippen LogP contribution in [-0.2, 0) is 11.3 Å². The third kappa shape index (κ3) is 3.66. The van der Waals surface area contributed by atoms with Crippen LogP contribution >= 0.6 is 0 Å². The van der Waals surface area contributed by atoms with Crippen molar-refractivity contribution in [2.45, 2.75) is 19.5 Å². The normalized spacial score (nSPS) is 23.5. The maximum absolute atomic E-state index is 12.7. The smallest absolute Gasteiger partial charge is 0.254 e. The van der Waals surface area contributed by atoms with Crippen molar-refractivity contribution in [3.8, 4) is 0 Å². The second kappa shape index (κ2) is 7.22. The van der Waals surface area contributed by atoms with Crippen LogP contribution in [-0.4, -0.2) is 67.7 Å². The van der Waals surface area contributed by atoms with E-state index in [4.69, 9.17) is 4.74 Å². The minimum absolute atomic E-state index is 0.151. The zero-order valence-electron chi connectivity index (χ0n) is 13.3. The number of hydrogen-bond acceptors (Lipinski definition) is 4. The Labute approximate surface area is 132 Å². The minimum Gasteiger partial charge on any atom is -0.379 e. The Morgan fingerprint density at radius 2 is 2.14 bits per heavy atom. The molecule has 2 heterocycles. The van der Waals surface area contributed by atoms with Crippen molar-refractivity contribution in [3.05, 3.63) is 35.4 Å². The highest BCUT2D eigenvalue weighted by Crippen LogP contribution is 2.14. The zero-order valence-corrected chi connectivity index (χ0v) is 13.3. The van der Waals surface area contributed by atoms with E-state index >= 15 is 0 Å². The lowest BCUT2D eigenvalue weighted by molar-refractivity contribution is 0.0341. The molecule has 120 valence electrons. The second-order valence-electron chi connectivity index (χ2n) is 6.14. The molecular weight excluding hydrogens is 278 g/mol. The molecule has 3 rings (SSSR count). The van der Waals surface area contributed by atoms with Gasteiger partial charge in [0.05, 0.1) is 13.2 Å². The van der Waals surface area contributed by atoms with Gasteiger partial charge in [-0.2, -0.15) is 0 Å². The lowest BCUT2D eigenvalue weighted by Crippen LogP contribution is -2.52. The van der Waals surface area contributed by atoms with Crippen LogP contribution in [0.2, 0.25) is 0 Å². The number of carbonyl (C=O) groups is 1. The first-order valence-electron chi connectivity index (χ1n) is 8.15. The van der Waals surface area contributed by atoms with Crippen molar-refractivity contribution < 1.29 is 9.53 Å². The lowest BCUT2D eigenvalue weighted by atomic mass is 10.1. The van der Waals surface area contributed by atoms with E-state index in [2.05, 4.69) is 23.2 Å². The van der Waals surface area contributed by atoms with E-state index in [1.165, 1.54) is 5.56 Å². The average molecular weight is 303 g/mol. The largest absolute Gasteiger partial charge is 0.379 e. The van der Waals surface area contributed by atoms with E-state index in [-0.39, 0.29) is 11.9 Å². The number of rotatable bonds is 3. The van der Waals surface area contributed by atoms with Gasteiger partial charge in [-0.25, -0.2) is 0 Å². The number of benzene rings is 1. The monoisotopic (exact) mass is 303 g/mol. The van der Waals surface area contributed by atoms with Crippen LogP contribution in [0, 0.1) is 0 Å². The maximum atomic E-state index is 12.7. The molecule has 5 nitrogen and oxygen atoms in total.